The Bertz CT molecular complexity index is 649. The van der Waals surface area contributed by atoms with E-state index in [1.807, 2.05) is 31.2 Å². The number of nitrogens with two attached hydrogens (primary N) is 1. The molecule has 2 rings (SSSR count). The molecule has 0 saturated heterocycles. The van der Waals surface area contributed by atoms with E-state index in [0.29, 0.717) is 5.75 Å². The second-order valence-electron chi connectivity index (χ2n) is 4.38. The monoisotopic (exact) mass is 270 g/mol. The highest BCUT2D eigenvalue weighted by Gasteiger charge is 2.14. The molecule has 0 spiro atoms. The third kappa shape index (κ3) is 2.79. The Morgan fingerprint density at radius 2 is 1.90 bits per heavy atom. The van der Waals surface area contributed by atoms with E-state index in [4.69, 9.17) is 15.7 Å². The lowest BCUT2D eigenvalue weighted by atomic mass is 10.0. The van der Waals surface area contributed by atoms with Gasteiger partial charge in [-0.3, -0.25) is 0 Å². The highest BCUT2D eigenvalue weighted by atomic mass is 19.1. The molecule has 2 aromatic rings. The number of benzene rings is 2. The Kier molecular flexibility index (Phi) is 4.34. The smallest absolute Gasteiger partial charge is 0.148 e. The summed E-state index contributed by atoms with van der Waals surface area (Å²) in [5.41, 5.74) is 6.76. The Labute approximate surface area is 117 Å². The summed E-state index contributed by atoms with van der Waals surface area (Å²) in [7, 11) is 0. The van der Waals surface area contributed by atoms with E-state index in [0.717, 1.165) is 12.0 Å². The van der Waals surface area contributed by atoms with Crippen LogP contribution in [0.5, 0.6) is 11.5 Å². The summed E-state index contributed by atoms with van der Waals surface area (Å²) in [6, 6.07) is 13.3. The van der Waals surface area contributed by atoms with Gasteiger partial charge in [0.2, 0.25) is 0 Å². The third-order valence-corrected chi connectivity index (χ3v) is 3.07. The Balaban J connectivity index is 2.41. The van der Waals surface area contributed by atoms with Gasteiger partial charge in [0.15, 0.2) is 0 Å². The van der Waals surface area contributed by atoms with Crippen molar-refractivity contribution in [2.24, 2.45) is 5.73 Å². The number of hydrogen-bond acceptors (Lipinski definition) is 3. The van der Waals surface area contributed by atoms with Gasteiger partial charge in [-0.05, 0) is 24.6 Å². The van der Waals surface area contributed by atoms with Crippen molar-refractivity contribution in [2.75, 3.05) is 0 Å². The summed E-state index contributed by atoms with van der Waals surface area (Å²) in [4.78, 5) is 0. The van der Waals surface area contributed by atoms with Gasteiger partial charge in [-0.15, -0.1) is 0 Å². The average molecular weight is 270 g/mol. The van der Waals surface area contributed by atoms with Crippen LogP contribution in [0.15, 0.2) is 42.5 Å². The van der Waals surface area contributed by atoms with Gasteiger partial charge >= 0.3 is 0 Å². The van der Waals surface area contributed by atoms with Gasteiger partial charge in [-0.25, -0.2) is 4.39 Å². The van der Waals surface area contributed by atoms with Gasteiger partial charge in [-0.1, -0.05) is 31.2 Å². The normalized spacial score (nSPS) is 11.7. The van der Waals surface area contributed by atoms with Gasteiger partial charge in [0, 0.05) is 11.6 Å². The molecular formula is C16H15FN2O. The van der Waals surface area contributed by atoms with Crippen LogP contribution in [-0.2, 0) is 0 Å². The van der Waals surface area contributed by atoms with Crippen LogP contribution in [0.4, 0.5) is 4.39 Å². The van der Waals surface area contributed by atoms with Crippen molar-refractivity contribution < 1.29 is 9.13 Å². The first-order valence-corrected chi connectivity index (χ1v) is 6.38. The predicted octanol–water partition coefficient (Wildman–Crippen LogP) is 3.90. The fraction of sp³-hybridized carbons (Fsp3) is 0.188. The van der Waals surface area contributed by atoms with Gasteiger partial charge in [0.25, 0.3) is 0 Å². The van der Waals surface area contributed by atoms with Crippen LogP contribution >= 0.6 is 0 Å². The fourth-order valence-electron chi connectivity index (χ4n) is 1.92. The van der Waals surface area contributed by atoms with Gasteiger partial charge in [0.05, 0.1) is 0 Å². The maximum atomic E-state index is 13.6. The minimum Gasteiger partial charge on any atom is -0.456 e. The maximum Gasteiger partial charge on any atom is 0.148 e. The molecule has 2 aromatic carbocycles. The highest BCUT2D eigenvalue weighted by molar-refractivity contribution is 5.47. The summed E-state index contributed by atoms with van der Waals surface area (Å²) in [5, 5.41) is 9.01. The number of hydrogen-bond donors (Lipinski definition) is 1. The lowest BCUT2D eigenvalue weighted by Crippen LogP contribution is -2.10. The number of rotatable bonds is 4. The fourth-order valence-corrected chi connectivity index (χ4v) is 1.92. The topological polar surface area (TPSA) is 59.0 Å². The van der Waals surface area contributed by atoms with Crippen molar-refractivity contribution in [2.45, 2.75) is 19.4 Å². The number of para-hydroxylation sites is 1. The molecule has 0 aliphatic heterocycles. The lowest BCUT2D eigenvalue weighted by Gasteiger charge is -2.16. The van der Waals surface area contributed by atoms with Crippen molar-refractivity contribution in [3.05, 3.63) is 59.4 Å². The molecule has 102 valence electrons. The molecule has 0 saturated carbocycles. The first-order chi connectivity index (χ1) is 9.67. The zero-order valence-corrected chi connectivity index (χ0v) is 11.1. The van der Waals surface area contributed by atoms with Crippen molar-refractivity contribution in [3.63, 3.8) is 0 Å². The van der Waals surface area contributed by atoms with Crippen molar-refractivity contribution in [1.82, 2.24) is 0 Å². The molecule has 1 atom stereocenters. The quantitative estimate of drug-likeness (QED) is 0.916. The van der Waals surface area contributed by atoms with Crippen LogP contribution in [0.2, 0.25) is 0 Å². The number of ether oxygens (including phenoxy) is 1. The molecule has 2 N–H and O–H groups in total. The zero-order valence-electron chi connectivity index (χ0n) is 11.1. The summed E-state index contributed by atoms with van der Waals surface area (Å²) >= 11 is 0. The van der Waals surface area contributed by atoms with E-state index in [-0.39, 0.29) is 17.4 Å². The molecule has 0 aliphatic rings. The van der Waals surface area contributed by atoms with Crippen LogP contribution in [-0.4, -0.2) is 0 Å². The second kappa shape index (κ2) is 6.18. The predicted molar refractivity (Wildman–Crippen MR) is 74.9 cm³/mol. The molecule has 0 aromatic heterocycles. The van der Waals surface area contributed by atoms with Crippen LogP contribution in [0.3, 0.4) is 0 Å². The van der Waals surface area contributed by atoms with Gasteiger partial charge < -0.3 is 10.5 Å². The Morgan fingerprint density at radius 1 is 1.20 bits per heavy atom. The summed E-state index contributed by atoms with van der Waals surface area (Å²) in [6.45, 7) is 1.98. The van der Waals surface area contributed by atoms with Crippen LogP contribution in [0.25, 0.3) is 0 Å². The average Bonchev–Trinajstić information content (AvgIpc) is 2.47. The molecule has 4 heteroatoms. The summed E-state index contributed by atoms with van der Waals surface area (Å²) in [5.74, 6) is 0.148. The highest BCUT2D eigenvalue weighted by Crippen LogP contribution is 2.32. The molecule has 0 fully saturated rings. The maximum absolute atomic E-state index is 13.6. The van der Waals surface area contributed by atoms with Crippen LogP contribution in [0, 0.1) is 17.1 Å². The van der Waals surface area contributed by atoms with Gasteiger partial charge in [0.1, 0.15) is 28.9 Å². The van der Waals surface area contributed by atoms with E-state index in [9.17, 15) is 4.39 Å². The first-order valence-electron chi connectivity index (χ1n) is 6.38. The molecule has 3 nitrogen and oxygen atoms in total. The minimum atomic E-state index is -0.595. The molecule has 0 heterocycles. The van der Waals surface area contributed by atoms with E-state index in [1.54, 1.807) is 12.1 Å². The van der Waals surface area contributed by atoms with E-state index < -0.39 is 5.82 Å². The molecule has 0 radical (unpaired) electrons. The van der Waals surface area contributed by atoms with E-state index >= 15 is 0 Å². The molecule has 0 unspecified atom stereocenters. The molecular weight excluding hydrogens is 255 g/mol. The van der Waals surface area contributed by atoms with Gasteiger partial charge in [-0.2, -0.15) is 5.26 Å². The second-order valence-corrected chi connectivity index (χ2v) is 4.38. The SMILES string of the molecule is CC[C@@H](N)c1ccccc1Oc1cccc(F)c1C#N. The minimum absolute atomic E-state index is 0.104. The Morgan fingerprint density at radius 3 is 2.60 bits per heavy atom. The van der Waals surface area contributed by atoms with Crippen LogP contribution in [0.1, 0.15) is 30.5 Å². The van der Waals surface area contributed by atoms with Crippen molar-refractivity contribution in [3.8, 4) is 17.6 Å². The largest absolute Gasteiger partial charge is 0.456 e. The lowest BCUT2D eigenvalue weighted by molar-refractivity contribution is 0.462. The summed E-state index contributed by atoms with van der Waals surface area (Å²) < 4.78 is 19.2. The van der Waals surface area contributed by atoms with Crippen molar-refractivity contribution >= 4 is 0 Å². The molecule has 0 amide bonds. The van der Waals surface area contributed by atoms with E-state index in [1.165, 1.54) is 12.1 Å². The van der Waals surface area contributed by atoms with Crippen LogP contribution < -0.4 is 10.5 Å². The van der Waals surface area contributed by atoms with E-state index in [2.05, 4.69) is 0 Å². The number of nitriles is 1. The Hall–Kier alpha value is -2.38. The first kappa shape index (κ1) is 14.0. The van der Waals surface area contributed by atoms with Crippen molar-refractivity contribution in [1.29, 1.82) is 5.26 Å². The summed E-state index contributed by atoms with van der Waals surface area (Å²) in [6.07, 6.45) is 0.759. The zero-order chi connectivity index (χ0) is 14.5. The number of nitrogens with zero attached hydrogens (tertiary/aromatic N) is 1. The molecule has 0 bridgehead atoms. The standard InChI is InChI=1S/C16H15FN2O/c1-2-14(19)11-6-3-4-8-15(11)20-16-9-5-7-13(17)12(16)10-18/h3-9,14H,2,19H2,1H3/t14-/m1/s1. The third-order valence-electron chi connectivity index (χ3n) is 3.07. The molecule has 0 aliphatic carbocycles. The number of halogens is 1. The molecule has 20 heavy (non-hydrogen) atoms.